The van der Waals surface area contributed by atoms with Gasteiger partial charge in [-0.05, 0) is 30.0 Å². The van der Waals surface area contributed by atoms with E-state index in [1.807, 2.05) is 25.1 Å². The predicted molar refractivity (Wildman–Crippen MR) is 74.4 cm³/mol. The van der Waals surface area contributed by atoms with Gasteiger partial charge in [0.15, 0.2) is 6.61 Å². The van der Waals surface area contributed by atoms with E-state index in [-0.39, 0.29) is 6.61 Å². The number of carbonyl (C=O) groups is 2. The van der Waals surface area contributed by atoms with Crippen LogP contribution in [-0.4, -0.2) is 25.7 Å². The highest BCUT2D eigenvalue weighted by Gasteiger charge is 2.10. The van der Waals surface area contributed by atoms with Crippen molar-refractivity contribution in [2.45, 2.75) is 26.7 Å². The Bertz CT molecular complexity index is 486. The van der Waals surface area contributed by atoms with Gasteiger partial charge in [0.2, 0.25) is 0 Å². The largest absolute Gasteiger partial charge is 0.483 e. The number of ether oxygens (including phenoxy) is 2. The highest BCUT2D eigenvalue weighted by atomic mass is 16.5. The number of benzene rings is 1. The molecule has 0 radical (unpaired) electrons. The number of methoxy groups -OCH3 is 1. The van der Waals surface area contributed by atoms with Gasteiger partial charge >= 0.3 is 6.09 Å². The zero-order valence-electron chi connectivity index (χ0n) is 12.1. The highest BCUT2D eigenvalue weighted by molar-refractivity contribution is 5.80. The van der Waals surface area contributed by atoms with E-state index in [9.17, 15) is 9.59 Å². The van der Waals surface area contributed by atoms with Gasteiger partial charge in [-0.15, -0.1) is 0 Å². The molecule has 0 unspecified atom stereocenters. The van der Waals surface area contributed by atoms with Crippen molar-refractivity contribution in [3.8, 4) is 5.75 Å². The summed E-state index contributed by atoms with van der Waals surface area (Å²) in [6.45, 7) is 5.87. The summed E-state index contributed by atoms with van der Waals surface area (Å²) in [6, 6.07) is 5.87. The third-order valence-corrected chi connectivity index (χ3v) is 2.64. The molecule has 0 saturated heterocycles. The lowest BCUT2D eigenvalue weighted by atomic mass is 10.0. The third kappa shape index (κ3) is 4.79. The van der Waals surface area contributed by atoms with Gasteiger partial charge < -0.3 is 9.47 Å². The molecule has 0 aliphatic heterocycles. The molecule has 6 nitrogen and oxygen atoms in total. The Balaban J connectivity index is 2.58. The molecule has 110 valence electrons. The quantitative estimate of drug-likeness (QED) is 0.826. The van der Waals surface area contributed by atoms with Gasteiger partial charge in [-0.1, -0.05) is 26.0 Å². The maximum absolute atomic E-state index is 11.5. The van der Waals surface area contributed by atoms with Crippen molar-refractivity contribution in [2.24, 2.45) is 0 Å². The fourth-order valence-corrected chi connectivity index (χ4v) is 1.59. The zero-order chi connectivity index (χ0) is 15.1. The second-order valence-electron chi connectivity index (χ2n) is 4.65. The van der Waals surface area contributed by atoms with E-state index in [2.05, 4.69) is 29.4 Å². The molecule has 2 amide bonds. The van der Waals surface area contributed by atoms with E-state index in [0.29, 0.717) is 11.7 Å². The summed E-state index contributed by atoms with van der Waals surface area (Å²) >= 11 is 0. The molecule has 0 bridgehead atoms. The first-order valence-electron chi connectivity index (χ1n) is 6.30. The van der Waals surface area contributed by atoms with Crippen LogP contribution in [0.1, 0.15) is 30.9 Å². The minimum atomic E-state index is -0.739. The van der Waals surface area contributed by atoms with Crippen LogP contribution in [0.5, 0.6) is 5.75 Å². The van der Waals surface area contributed by atoms with Crippen molar-refractivity contribution in [2.75, 3.05) is 13.7 Å². The smallest absolute Gasteiger partial charge is 0.425 e. The van der Waals surface area contributed by atoms with Gasteiger partial charge in [-0.25, -0.2) is 10.2 Å². The lowest BCUT2D eigenvalue weighted by molar-refractivity contribution is -0.123. The molecule has 0 heterocycles. The van der Waals surface area contributed by atoms with E-state index >= 15 is 0 Å². The van der Waals surface area contributed by atoms with Crippen molar-refractivity contribution in [3.63, 3.8) is 0 Å². The molecular weight excluding hydrogens is 260 g/mol. The summed E-state index contributed by atoms with van der Waals surface area (Å²) in [4.78, 5) is 22.3. The summed E-state index contributed by atoms with van der Waals surface area (Å²) in [5.74, 6) is 0.502. The number of nitrogens with one attached hydrogen (secondary N) is 2. The van der Waals surface area contributed by atoms with Gasteiger partial charge in [0, 0.05) is 0 Å². The molecule has 1 rings (SSSR count). The fourth-order valence-electron chi connectivity index (χ4n) is 1.59. The lowest BCUT2D eigenvalue weighted by Gasteiger charge is -2.14. The fraction of sp³-hybridized carbons (Fsp3) is 0.429. The summed E-state index contributed by atoms with van der Waals surface area (Å²) in [5, 5.41) is 0. The van der Waals surface area contributed by atoms with Crippen LogP contribution in [0.2, 0.25) is 0 Å². The molecule has 0 aliphatic rings. The van der Waals surface area contributed by atoms with Crippen molar-refractivity contribution in [3.05, 3.63) is 29.3 Å². The molecule has 1 aromatic rings. The van der Waals surface area contributed by atoms with E-state index in [1.165, 1.54) is 7.11 Å². The normalized spacial score (nSPS) is 10.1. The predicted octanol–water partition coefficient (Wildman–Crippen LogP) is 1.88. The highest BCUT2D eigenvalue weighted by Crippen LogP contribution is 2.27. The second-order valence-corrected chi connectivity index (χ2v) is 4.65. The average Bonchev–Trinajstić information content (AvgIpc) is 2.42. The number of rotatable bonds is 4. The first-order valence-corrected chi connectivity index (χ1v) is 6.30. The summed E-state index contributed by atoms with van der Waals surface area (Å²) < 4.78 is 9.83. The standard InChI is InChI=1S/C14H20N2O4/c1-9(2)11-6-5-10(3)7-12(11)20-8-13(17)15-16-14(18)19-4/h5-7,9H,8H2,1-4H3,(H,15,17)(H,16,18). The lowest BCUT2D eigenvalue weighted by Crippen LogP contribution is -2.43. The molecule has 2 N–H and O–H groups in total. The number of hydrogen-bond acceptors (Lipinski definition) is 4. The molecule has 0 fully saturated rings. The van der Waals surface area contributed by atoms with Crippen LogP contribution in [0.4, 0.5) is 4.79 Å². The molecule has 6 heteroatoms. The Kier molecular flexibility index (Phi) is 5.83. The van der Waals surface area contributed by atoms with Gasteiger partial charge in [0.25, 0.3) is 5.91 Å². The van der Waals surface area contributed by atoms with Crippen LogP contribution in [0.15, 0.2) is 18.2 Å². The minimum Gasteiger partial charge on any atom is -0.483 e. The van der Waals surface area contributed by atoms with Crippen LogP contribution in [0.25, 0.3) is 0 Å². The van der Waals surface area contributed by atoms with Crippen molar-refractivity contribution in [1.29, 1.82) is 0 Å². The first kappa shape index (κ1) is 15.8. The minimum absolute atomic E-state index is 0.187. The number of hydrazine groups is 1. The zero-order valence-corrected chi connectivity index (χ0v) is 12.1. The van der Waals surface area contributed by atoms with Crippen LogP contribution in [0.3, 0.4) is 0 Å². The molecule has 0 spiro atoms. The molecule has 0 aliphatic carbocycles. The topological polar surface area (TPSA) is 76.7 Å². The van der Waals surface area contributed by atoms with E-state index in [4.69, 9.17) is 4.74 Å². The molecule has 20 heavy (non-hydrogen) atoms. The van der Waals surface area contributed by atoms with Gasteiger partial charge in [-0.3, -0.25) is 10.2 Å². The van der Waals surface area contributed by atoms with E-state index in [0.717, 1.165) is 11.1 Å². The first-order chi connectivity index (χ1) is 9.43. The Morgan fingerprint density at radius 1 is 1.25 bits per heavy atom. The average molecular weight is 280 g/mol. The Morgan fingerprint density at radius 3 is 2.55 bits per heavy atom. The van der Waals surface area contributed by atoms with Crippen LogP contribution >= 0.6 is 0 Å². The van der Waals surface area contributed by atoms with E-state index < -0.39 is 12.0 Å². The molecule has 1 aromatic carbocycles. The monoisotopic (exact) mass is 280 g/mol. The van der Waals surface area contributed by atoms with Gasteiger partial charge in [0.1, 0.15) is 5.75 Å². The number of aryl methyl sites for hydroxylation is 1. The van der Waals surface area contributed by atoms with Crippen LogP contribution in [-0.2, 0) is 9.53 Å². The molecule has 0 aromatic heterocycles. The Labute approximate surface area is 118 Å². The number of carbonyl (C=O) groups excluding carboxylic acids is 2. The van der Waals surface area contributed by atoms with E-state index in [1.54, 1.807) is 0 Å². The maximum atomic E-state index is 11.5. The SMILES string of the molecule is COC(=O)NNC(=O)COc1cc(C)ccc1C(C)C. The second kappa shape index (κ2) is 7.37. The molecule has 0 atom stereocenters. The van der Waals surface area contributed by atoms with Crippen molar-refractivity contribution in [1.82, 2.24) is 10.9 Å². The van der Waals surface area contributed by atoms with Crippen molar-refractivity contribution >= 4 is 12.0 Å². The molecular formula is C14H20N2O4. The van der Waals surface area contributed by atoms with Crippen LogP contribution < -0.4 is 15.6 Å². The van der Waals surface area contributed by atoms with Gasteiger partial charge in [-0.2, -0.15) is 0 Å². The Morgan fingerprint density at radius 2 is 1.95 bits per heavy atom. The Hall–Kier alpha value is -2.24. The maximum Gasteiger partial charge on any atom is 0.425 e. The van der Waals surface area contributed by atoms with Gasteiger partial charge in [0.05, 0.1) is 7.11 Å². The number of hydrogen-bond donors (Lipinski definition) is 2. The summed E-state index contributed by atoms with van der Waals surface area (Å²) in [5.41, 5.74) is 6.34. The van der Waals surface area contributed by atoms with Crippen LogP contribution in [0, 0.1) is 6.92 Å². The third-order valence-electron chi connectivity index (χ3n) is 2.64. The number of amides is 2. The summed E-state index contributed by atoms with van der Waals surface area (Å²) in [7, 11) is 1.21. The molecule has 0 saturated carbocycles. The summed E-state index contributed by atoms with van der Waals surface area (Å²) in [6.07, 6.45) is -0.739. The van der Waals surface area contributed by atoms with Crippen molar-refractivity contribution < 1.29 is 19.1 Å².